The molecule has 0 aliphatic carbocycles. The van der Waals surface area contributed by atoms with Gasteiger partial charge in [-0.3, -0.25) is 0 Å². The summed E-state index contributed by atoms with van der Waals surface area (Å²) in [6.45, 7) is 13.3. The van der Waals surface area contributed by atoms with Crippen LogP contribution in [0.2, 0.25) is 0 Å². The van der Waals surface area contributed by atoms with E-state index in [-0.39, 0.29) is 30.9 Å². The van der Waals surface area contributed by atoms with Crippen molar-refractivity contribution < 1.29 is 20.1 Å². The summed E-state index contributed by atoms with van der Waals surface area (Å²) in [6, 6.07) is 55.7. The van der Waals surface area contributed by atoms with Gasteiger partial charge in [-0.15, -0.1) is 71.3 Å². The zero-order valence-electron chi connectivity index (χ0n) is 32.2. The fourth-order valence-corrected chi connectivity index (χ4v) is 5.73. The van der Waals surface area contributed by atoms with Gasteiger partial charge in [0.2, 0.25) is 0 Å². The molecule has 55 heavy (non-hydrogen) atoms. The first kappa shape index (κ1) is 40.4. The number of pyridine rings is 2. The molecule has 0 atom stereocenters. The number of hydrogen-bond acceptors (Lipinski definition) is 2. The van der Waals surface area contributed by atoms with Crippen LogP contribution in [0.25, 0.3) is 33.6 Å². The van der Waals surface area contributed by atoms with E-state index in [1.165, 1.54) is 11.1 Å². The van der Waals surface area contributed by atoms with E-state index in [0.29, 0.717) is 0 Å². The summed E-state index contributed by atoms with van der Waals surface area (Å²) in [5, 5.41) is 0. The maximum Gasteiger partial charge on any atom is 0.0267 e. The summed E-state index contributed by atoms with van der Waals surface area (Å²) >= 11 is 0. The first-order valence-electron chi connectivity index (χ1n) is 18.2. The van der Waals surface area contributed by atoms with Crippen LogP contribution in [0.4, 0.5) is 0 Å². The van der Waals surface area contributed by atoms with E-state index in [4.69, 9.17) is 0 Å². The Morgan fingerprint density at radius 2 is 0.891 bits per heavy atom. The third kappa shape index (κ3) is 11.6. The Kier molecular flexibility index (Phi) is 13.6. The van der Waals surface area contributed by atoms with Crippen LogP contribution in [0.1, 0.15) is 74.9 Å². The van der Waals surface area contributed by atoms with Gasteiger partial charge in [-0.1, -0.05) is 114 Å². The van der Waals surface area contributed by atoms with Crippen LogP contribution in [0, 0.1) is 35.8 Å². The minimum absolute atomic E-state index is 0. The third-order valence-electron chi connectivity index (χ3n) is 8.86. The van der Waals surface area contributed by atoms with Crippen molar-refractivity contribution in [2.75, 3.05) is 0 Å². The summed E-state index contributed by atoms with van der Waals surface area (Å²) in [7, 11) is 0. The first-order chi connectivity index (χ1) is 26.0. The van der Waals surface area contributed by atoms with Crippen LogP contribution >= 0.6 is 0 Å². The van der Waals surface area contributed by atoms with Crippen molar-refractivity contribution in [3.05, 3.63) is 203 Å². The number of rotatable bonds is 3. The Hall–Kier alpha value is -5.83. The van der Waals surface area contributed by atoms with Crippen molar-refractivity contribution in [1.82, 2.24) is 9.97 Å². The van der Waals surface area contributed by atoms with Gasteiger partial charge in [0, 0.05) is 54.8 Å². The maximum atomic E-state index is 4.51. The van der Waals surface area contributed by atoms with E-state index in [1.54, 1.807) is 6.20 Å². The molecule has 0 aliphatic heterocycles. The molecule has 2 heterocycles. The van der Waals surface area contributed by atoms with Crippen molar-refractivity contribution in [3.63, 3.8) is 0 Å². The fraction of sp³-hybridized carbons (Fsp3) is 0.154. The molecule has 0 saturated heterocycles. The Bertz CT molecular complexity index is 2280. The van der Waals surface area contributed by atoms with Crippen molar-refractivity contribution in [2.24, 2.45) is 0 Å². The number of nitrogens with zero attached hydrogens (tertiary/aromatic N) is 2. The molecular formula is C52H44IrN2-2. The molecule has 2 aromatic heterocycles. The SMILES string of the molecule is CC(C)(C)c1ccc(C#Cc2cc(C#Cc3ccc(C(C)(C)C)cc3)cc(-c3cc[c-]c(-c4ccccn4)c3)c2)cc1.[Ir].[c-]1ccccc1-c1ccccn1. The molecule has 0 amide bonds. The van der Waals surface area contributed by atoms with Gasteiger partial charge >= 0.3 is 0 Å². The normalized spacial score (nSPS) is 10.7. The zero-order valence-corrected chi connectivity index (χ0v) is 34.6. The average molecular weight is 889 g/mol. The van der Waals surface area contributed by atoms with Gasteiger partial charge in [-0.05, 0) is 93.5 Å². The molecule has 0 unspecified atom stereocenters. The molecular weight excluding hydrogens is 845 g/mol. The predicted octanol–water partition coefficient (Wildman–Crippen LogP) is 12.2. The number of hydrogen-bond donors (Lipinski definition) is 0. The molecule has 3 heteroatoms. The van der Waals surface area contributed by atoms with Crippen LogP contribution in [-0.2, 0) is 30.9 Å². The van der Waals surface area contributed by atoms with E-state index in [9.17, 15) is 0 Å². The summed E-state index contributed by atoms with van der Waals surface area (Å²) in [4.78, 5) is 8.73. The number of benzene rings is 5. The first-order valence-corrected chi connectivity index (χ1v) is 18.2. The van der Waals surface area contributed by atoms with Gasteiger partial charge in [0.05, 0.1) is 0 Å². The molecule has 0 saturated carbocycles. The maximum absolute atomic E-state index is 4.51. The van der Waals surface area contributed by atoms with Crippen LogP contribution in [-0.4, -0.2) is 9.97 Å². The molecule has 2 nitrogen and oxygen atoms in total. The van der Waals surface area contributed by atoms with Crippen LogP contribution in [0.5, 0.6) is 0 Å². The monoisotopic (exact) mass is 889 g/mol. The molecule has 0 spiro atoms. The van der Waals surface area contributed by atoms with Gasteiger partial charge in [0.15, 0.2) is 0 Å². The summed E-state index contributed by atoms with van der Waals surface area (Å²) in [6.07, 6.45) is 3.60. The predicted molar refractivity (Wildman–Crippen MR) is 225 cm³/mol. The van der Waals surface area contributed by atoms with Crippen LogP contribution in [0.15, 0.2) is 158 Å². The van der Waals surface area contributed by atoms with Crippen molar-refractivity contribution in [2.45, 2.75) is 52.4 Å². The second kappa shape index (κ2) is 18.5. The Morgan fingerprint density at radius 3 is 1.35 bits per heavy atom. The van der Waals surface area contributed by atoms with Gasteiger partial charge in [0.1, 0.15) is 0 Å². The van der Waals surface area contributed by atoms with Gasteiger partial charge in [0.25, 0.3) is 0 Å². The van der Waals surface area contributed by atoms with Crippen LogP contribution in [0.3, 0.4) is 0 Å². The standard InChI is InChI=1S/C41H36N.C11H8N.Ir/c1-40(2,3)37-21-17-30(18-22-37)13-15-32-26-33(16-14-31-19-23-38(24-20-31)41(4,5)6)28-36(27-32)34-10-9-11-35(29-34)39-12-7-8-25-42-39;1-2-6-10(7-3-1)11-8-4-5-9-12-11;/h7-10,12,17-29H,1-6H3;1-6,8-9H;/q2*-1;. The second-order valence-electron chi connectivity index (χ2n) is 15.2. The van der Waals surface area contributed by atoms with E-state index in [0.717, 1.165) is 55.9 Å². The molecule has 7 rings (SSSR count). The van der Waals surface area contributed by atoms with Gasteiger partial charge < -0.3 is 9.97 Å². The molecule has 1 radical (unpaired) electrons. The third-order valence-corrected chi connectivity index (χ3v) is 8.86. The van der Waals surface area contributed by atoms with E-state index < -0.39 is 0 Å². The van der Waals surface area contributed by atoms with E-state index >= 15 is 0 Å². The average Bonchev–Trinajstić information content (AvgIpc) is 3.20. The van der Waals surface area contributed by atoms with Crippen molar-refractivity contribution in [3.8, 4) is 57.3 Å². The van der Waals surface area contributed by atoms with Gasteiger partial charge in [-0.2, -0.15) is 0 Å². The molecule has 0 N–H and O–H groups in total. The second-order valence-corrected chi connectivity index (χ2v) is 15.2. The van der Waals surface area contributed by atoms with Crippen molar-refractivity contribution >= 4 is 0 Å². The summed E-state index contributed by atoms with van der Waals surface area (Å²) in [5.41, 5.74) is 12.6. The minimum Gasteiger partial charge on any atom is -0.305 e. The Morgan fingerprint density at radius 1 is 0.418 bits per heavy atom. The summed E-state index contributed by atoms with van der Waals surface area (Å²) in [5.74, 6) is 13.5. The van der Waals surface area contributed by atoms with E-state index in [2.05, 4.69) is 166 Å². The molecule has 0 aliphatic rings. The fourth-order valence-electron chi connectivity index (χ4n) is 5.73. The van der Waals surface area contributed by atoms with E-state index in [1.807, 2.05) is 72.9 Å². The Labute approximate surface area is 341 Å². The minimum atomic E-state index is 0. The molecule has 5 aromatic carbocycles. The molecule has 0 fully saturated rings. The zero-order chi connectivity index (χ0) is 38.0. The number of aromatic nitrogens is 2. The van der Waals surface area contributed by atoms with Gasteiger partial charge in [-0.25, -0.2) is 0 Å². The van der Waals surface area contributed by atoms with Crippen molar-refractivity contribution in [1.29, 1.82) is 0 Å². The largest absolute Gasteiger partial charge is 0.305 e. The molecule has 273 valence electrons. The van der Waals surface area contributed by atoms with Crippen LogP contribution < -0.4 is 0 Å². The topological polar surface area (TPSA) is 25.8 Å². The Balaban J connectivity index is 0.000000378. The summed E-state index contributed by atoms with van der Waals surface area (Å²) < 4.78 is 0. The molecule has 0 bridgehead atoms. The smallest absolute Gasteiger partial charge is 0.0267 e. The molecule has 7 aromatic rings. The quantitative estimate of drug-likeness (QED) is 0.130.